The van der Waals surface area contributed by atoms with Crippen molar-refractivity contribution in [2.45, 2.75) is 39.5 Å². The Balaban J connectivity index is 1.30. The van der Waals surface area contributed by atoms with Crippen LogP contribution in [0, 0.1) is 11.3 Å². The highest BCUT2D eigenvalue weighted by Crippen LogP contribution is 2.42. The number of hydrogen-bond acceptors (Lipinski definition) is 8. The van der Waals surface area contributed by atoms with Crippen LogP contribution in [0.2, 0.25) is 5.02 Å². The predicted molar refractivity (Wildman–Crippen MR) is 134 cm³/mol. The Morgan fingerprint density at radius 2 is 2.18 bits per heavy atom. The van der Waals surface area contributed by atoms with Gasteiger partial charge in [-0.25, -0.2) is 9.97 Å². The van der Waals surface area contributed by atoms with Gasteiger partial charge in [-0.05, 0) is 60.3 Å². The fourth-order valence-corrected chi connectivity index (χ4v) is 7.05. The normalized spacial score (nSPS) is 19.8. The van der Waals surface area contributed by atoms with Gasteiger partial charge in [0.15, 0.2) is 0 Å². The van der Waals surface area contributed by atoms with Crippen LogP contribution in [0.5, 0.6) is 0 Å². The maximum atomic E-state index is 13.2. The lowest BCUT2D eigenvalue weighted by atomic mass is 9.86. The Hall–Kier alpha value is -2.36. The van der Waals surface area contributed by atoms with Gasteiger partial charge in [-0.1, -0.05) is 29.9 Å². The lowest BCUT2D eigenvalue weighted by molar-refractivity contribution is -0.135. The van der Waals surface area contributed by atoms with Crippen LogP contribution in [0.25, 0.3) is 20.4 Å². The summed E-state index contributed by atoms with van der Waals surface area (Å²) in [7, 11) is 0. The smallest absolute Gasteiger partial charge is 0.226 e. The molecule has 0 unspecified atom stereocenters. The summed E-state index contributed by atoms with van der Waals surface area (Å²) in [4.78, 5) is 26.6. The van der Waals surface area contributed by atoms with E-state index in [0.29, 0.717) is 10.9 Å². The van der Waals surface area contributed by atoms with E-state index in [2.05, 4.69) is 43.6 Å². The van der Waals surface area contributed by atoms with Crippen molar-refractivity contribution in [3.8, 4) is 0 Å². The number of nitrogens with zero attached hydrogens (tertiary/aromatic N) is 5. The van der Waals surface area contributed by atoms with Crippen molar-refractivity contribution in [3.63, 3.8) is 0 Å². The first-order valence-corrected chi connectivity index (χ1v) is 13.1. The SMILES string of the molecule is CC1(C)CCN(C(=O)[C@H]2CCc3c(sc4ncnc(Nc5cc6snnc6cc5Cl)c34)C2)C1. The molecule has 0 saturated carbocycles. The van der Waals surface area contributed by atoms with Crippen LogP contribution in [0.15, 0.2) is 18.5 Å². The van der Waals surface area contributed by atoms with Gasteiger partial charge in [0.2, 0.25) is 5.91 Å². The number of carbonyl (C=O) groups excluding carboxylic acids is 1. The zero-order chi connectivity index (χ0) is 22.7. The van der Waals surface area contributed by atoms with Gasteiger partial charge in [0.05, 0.1) is 20.8 Å². The number of likely N-dealkylation sites (tertiary alicyclic amines) is 1. The number of benzene rings is 1. The molecule has 0 radical (unpaired) electrons. The molecule has 1 N–H and O–H groups in total. The van der Waals surface area contributed by atoms with Crippen molar-refractivity contribution in [2.75, 3.05) is 18.4 Å². The Morgan fingerprint density at radius 1 is 1.30 bits per heavy atom. The molecule has 6 rings (SSSR count). The third-order valence-electron chi connectivity index (χ3n) is 6.77. The van der Waals surface area contributed by atoms with Gasteiger partial charge in [0.25, 0.3) is 0 Å². The van der Waals surface area contributed by atoms with Gasteiger partial charge in [0.1, 0.15) is 22.5 Å². The zero-order valence-corrected chi connectivity index (χ0v) is 20.8. The number of carbonyl (C=O) groups is 1. The highest BCUT2D eigenvalue weighted by molar-refractivity contribution is 7.19. The third-order valence-corrected chi connectivity index (χ3v) is 8.94. The number of halogens is 1. The number of rotatable bonds is 3. The molecule has 10 heteroatoms. The van der Waals surface area contributed by atoms with E-state index in [-0.39, 0.29) is 11.3 Å². The number of nitrogens with one attached hydrogen (secondary N) is 1. The standard InChI is InChI=1S/C23H23ClN6OS2/c1-23(2)5-6-30(10-23)22(31)12-3-4-13-17(7-12)32-21-19(13)20(25-11-26-21)27-15-9-18-16(8-14(15)24)28-29-33-18/h8-9,11-12H,3-7,10H2,1-2H3,(H,25,26,27)/t12-/m0/s1. The number of aromatic nitrogens is 4. The number of amides is 1. The molecule has 1 atom stereocenters. The largest absolute Gasteiger partial charge is 0.342 e. The Kier molecular flexibility index (Phi) is 5.04. The Labute approximate surface area is 204 Å². The van der Waals surface area contributed by atoms with Crippen LogP contribution in [-0.4, -0.2) is 43.5 Å². The van der Waals surface area contributed by atoms with E-state index >= 15 is 0 Å². The van der Waals surface area contributed by atoms with E-state index in [4.69, 9.17) is 11.6 Å². The van der Waals surface area contributed by atoms with Crippen LogP contribution in [-0.2, 0) is 17.6 Å². The van der Waals surface area contributed by atoms with Crippen molar-refractivity contribution < 1.29 is 4.79 Å². The summed E-state index contributed by atoms with van der Waals surface area (Å²) in [5, 5.41) is 9.13. The van der Waals surface area contributed by atoms with Crippen LogP contribution >= 0.6 is 34.5 Å². The molecule has 2 aliphatic rings. The van der Waals surface area contributed by atoms with E-state index in [1.807, 2.05) is 12.1 Å². The Morgan fingerprint density at radius 3 is 3.00 bits per heavy atom. The van der Waals surface area contributed by atoms with E-state index < -0.39 is 0 Å². The summed E-state index contributed by atoms with van der Waals surface area (Å²) in [5.74, 6) is 1.12. The minimum absolute atomic E-state index is 0.0551. The van der Waals surface area contributed by atoms with Crippen LogP contribution < -0.4 is 5.32 Å². The minimum Gasteiger partial charge on any atom is -0.342 e. The Bertz CT molecular complexity index is 1400. The molecule has 1 aromatic carbocycles. The molecule has 33 heavy (non-hydrogen) atoms. The van der Waals surface area contributed by atoms with Crippen molar-refractivity contribution in [2.24, 2.45) is 11.3 Å². The molecule has 4 heterocycles. The van der Waals surface area contributed by atoms with Gasteiger partial charge in [0, 0.05) is 23.9 Å². The molecule has 170 valence electrons. The summed E-state index contributed by atoms with van der Waals surface area (Å²) >= 11 is 9.53. The maximum absolute atomic E-state index is 13.2. The molecule has 1 amide bonds. The molecule has 1 fully saturated rings. The topological polar surface area (TPSA) is 83.9 Å². The second-order valence-corrected chi connectivity index (χ2v) is 12.0. The molecule has 1 aliphatic carbocycles. The van der Waals surface area contributed by atoms with Crippen LogP contribution in [0.1, 0.15) is 37.1 Å². The fraction of sp³-hybridized carbons (Fsp3) is 0.435. The number of anilines is 2. The predicted octanol–water partition coefficient (Wildman–Crippen LogP) is 5.46. The maximum Gasteiger partial charge on any atom is 0.226 e. The molecule has 7 nitrogen and oxygen atoms in total. The summed E-state index contributed by atoms with van der Waals surface area (Å²) in [6.07, 6.45) is 5.17. The van der Waals surface area contributed by atoms with Crippen molar-refractivity contribution in [1.29, 1.82) is 0 Å². The quantitative estimate of drug-likeness (QED) is 0.404. The summed E-state index contributed by atoms with van der Waals surface area (Å²) in [6.45, 7) is 6.23. The first-order chi connectivity index (χ1) is 15.9. The van der Waals surface area contributed by atoms with E-state index in [9.17, 15) is 4.79 Å². The minimum atomic E-state index is 0.0551. The highest BCUT2D eigenvalue weighted by atomic mass is 35.5. The average Bonchev–Trinajstić information content (AvgIpc) is 3.49. The molecule has 1 saturated heterocycles. The molecule has 4 aromatic rings. The number of aryl methyl sites for hydroxylation is 1. The number of hydrogen-bond donors (Lipinski definition) is 1. The molecular weight excluding hydrogens is 476 g/mol. The van der Waals surface area contributed by atoms with Gasteiger partial charge in [-0.2, -0.15) is 0 Å². The van der Waals surface area contributed by atoms with Crippen molar-refractivity contribution >= 4 is 72.3 Å². The van der Waals surface area contributed by atoms with Gasteiger partial charge >= 0.3 is 0 Å². The summed E-state index contributed by atoms with van der Waals surface area (Å²) in [6, 6.07) is 3.78. The average molecular weight is 499 g/mol. The van der Waals surface area contributed by atoms with E-state index in [1.54, 1.807) is 17.7 Å². The van der Waals surface area contributed by atoms with Gasteiger partial charge in [-0.3, -0.25) is 4.79 Å². The molecule has 3 aromatic heterocycles. The lowest BCUT2D eigenvalue weighted by Crippen LogP contribution is -2.37. The zero-order valence-electron chi connectivity index (χ0n) is 18.4. The van der Waals surface area contributed by atoms with E-state index in [0.717, 1.165) is 70.7 Å². The molecule has 0 spiro atoms. The van der Waals surface area contributed by atoms with E-state index in [1.165, 1.54) is 22.0 Å². The lowest BCUT2D eigenvalue weighted by Gasteiger charge is -2.27. The van der Waals surface area contributed by atoms with Gasteiger partial charge < -0.3 is 10.2 Å². The molecular formula is C23H23ClN6OS2. The third kappa shape index (κ3) is 3.76. The van der Waals surface area contributed by atoms with Crippen molar-refractivity contribution in [1.82, 2.24) is 24.5 Å². The fourth-order valence-electron chi connectivity index (χ4n) is 5.00. The second-order valence-electron chi connectivity index (χ2n) is 9.72. The number of fused-ring (bicyclic) bond motifs is 4. The second kappa shape index (κ2) is 7.85. The van der Waals surface area contributed by atoms with Crippen LogP contribution in [0.3, 0.4) is 0 Å². The van der Waals surface area contributed by atoms with Gasteiger partial charge in [-0.15, -0.1) is 16.4 Å². The monoisotopic (exact) mass is 498 g/mol. The first-order valence-electron chi connectivity index (χ1n) is 11.1. The summed E-state index contributed by atoms with van der Waals surface area (Å²) < 4.78 is 4.96. The van der Waals surface area contributed by atoms with Crippen LogP contribution in [0.4, 0.5) is 11.5 Å². The molecule has 0 bridgehead atoms. The first kappa shape index (κ1) is 21.2. The summed E-state index contributed by atoms with van der Waals surface area (Å²) in [5.41, 5.74) is 3.05. The van der Waals surface area contributed by atoms with Crippen molar-refractivity contribution in [3.05, 3.63) is 33.9 Å². The molecule has 1 aliphatic heterocycles. The number of thiophene rings is 1. The highest BCUT2D eigenvalue weighted by Gasteiger charge is 2.37.